The number of hydrogen-bond donors (Lipinski definition) is 2. The molecule has 0 radical (unpaired) electrons. The van der Waals surface area contributed by atoms with Crippen LogP contribution in [0.15, 0.2) is 0 Å². The number of aliphatic carboxylic acids is 1. The summed E-state index contributed by atoms with van der Waals surface area (Å²) in [6, 6.07) is -0.812. The number of carbonyl (C=O) groups is 1. The van der Waals surface area contributed by atoms with Gasteiger partial charge in [-0.15, -0.1) is 0 Å². The second kappa shape index (κ2) is 4.37. The largest absolute Gasteiger partial charge is 0.480 e. The number of carboxylic acids is 1. The molecule has 14 heavy (non-hydrogen) atoms. The number of β-amino-alcohol motifs (C(OH)–C–C–N with tert-alkyl or cyclic N) is 1. The fourth-order valence-corrected chi connectivity index (χ4v) is 2.77. The van der Waals surface area contributed by atoms with Crippen molar-refractivity contribution in [3.05, 3.63) is 0 Å². The first-order valence-electron chi connectivity index (χ1n) is 4.51. The lowest BCUT2D eigenvalue weighted by Crippen LogP contribution is -2.40. The van der Waals surface area contributed by atoms with E-state index in [0.717, 1.165) is 0 Å². The van der Waals surface area contributed by atoms with Crippen LogP contribution in [0.3, 0.4) is 0 Å². The highest BCUT2D eigenvalue weighted by Gasteiger charge is 2.39. The van der Waals surface area contributed by atoms with E-state index in [1.54, 1.807) is 13.8 Å². The maximum Gasteiger partial charge on any atom is 0.322 e. The van der Waals surface area contributed by atoms with Crippen LogP contribution in [0.4, 0.5) is 0 Å². The zero-order chi connectivity index (χ0) is 10.9. The zero-order valence-electron chi connectivity index (χ0n) is 8.21. The lowest BCUT2D eigenvalue weighted by molar-refractivity contribution is -0.140. The minimum atomic E-state index is -1.33. The SMILES string of the molecule is CC(C)S(=O)N1C[C@@H](O)C[C@H]1C(=O)O. The predicted molar refractivity (Wildman–Crippen MR) is 52.0 cm³/mol. The lowest BCUT2D eigenvalue weighted by Gasteiger charge is -2.21. The molecule has 1 unspecified atom stereocenters. The molecule has 0 aromatic rings. The first kappa shape index (κ1) is 11.6. The molecule has 1 aliphatic rings. The number of hydrogen-bond acceptors (Lipinski definition) is 3. The molecule has 1 saturated heterocycles. The Kier molecular flexibility index (Phi) is 3.63. The van der Waals surface area contributed by atoms with Gasteiger partial charge in [0.15, 0.2) is 0 Å². The van der Waals surface area contributed by atoms with E-state index in [0.29, 0.717) is 0 Å². The summed E-state index contributed by atoms with van der Waals surface area (Å²) >= 11 is 0. The second-order valence-electron chi connectivity index (χ2n) is 3.67. The summed E-state index contributed by atoms with van der Waals surface area (Å²) in [5.41, 5.74) is 0. The monoisotopic (exact) mass is 221 g/mol. The van der Waals surface area contributed by atoms with E-state index in [9.17, 15) is 14.1 Å². The molecule has 3 atom stereocenters. The minimum Gasteiger partial charge on any atom is -0.480 e. The molecular weight excluding hydrogens is 206 g/mol. The Morgan fingerprint density at radius 1 is 1.57 bits per heavy atom. The predicted octanol–water partition coefficient (Wildman–Crippen LogP) is -0.422. The maximum atomic E-state index is 11.7. The Morgan fingerprint density at radius 2 is 2.14 bits per heavy atom. The third-order valence-corrected chi connectivity index (χ3v) is 3.83. The van der Waals surface area contributed by atoms with Crippen LogP contribution in [0.25, 0.3) is 0 Å². The van der Waals surface area contributed by atoms with Gasteiger partial charge in [0, 0.05) is 18.2 Å². The number of nitrogens with zero attached hydrogens (tertiary/aromatic N) is 1. The van der Waals surface area contributed by atoms with Crippen LogP contribution in [-0.4, -0.2) is 48.6 Å². The van der Waals surface area contributed by atoms with Crippen LogP contribution in [0, 0.1) is 0 Å². The second-order valence-corrected chi connectivity index (χ2v) is 5.63. The maximum absolute atomic E-state index is 11.7. The fourth-order valence-electron chi connectivity index (χ4n) is 1.48. The third kappa shape index (κ3) is 2.31. The molecule has 0 amide bonds. The molecule has 1 rings (SSSR count). The number of carboxylic acid groups (broad SMARTS) is 1. The summed E-state index contributed by atoms with van der Waals surface area (Å²) in [5, 5.41) is 18.0. The smallest absolute Gasteiger partial charge is 0.322 e. The molecule has 82 valence electrons. The molecule has 0 aromatic heterocycles. The molecular formula is C8H15NO4S. The third-order valence-electron chi connectivity index (χ3n) is 2.15. The van der Waals surface area contributed by atoms with Crippen molar-refractivity contribution in [2.45, 2.75) is 37.7 Å². The average Bonchev–Trinajstić information content (AvgIpc) is 2.45. The Balaban J connectivity index is 2.76. The lowest BCUT2D eigenvalue weighted by atomic mass is 10.2. The molecule has 0 saturated carbocycles. The summed E-state index contributed by atoms with van der Waals surface area (Å²) in [6.45, 7) is 3.71. The van der Waals surface area contributed by atoms with Crippen LogP contribution in [0.5, 0.6) is 0 Å². The van der Waals surface area contributed by atoms with E-state index in [1.165, 1.54) is 4.31 Å². The zero-order valence-corrected chi connectivity index (χ0v) is 9.03. The summed E-state index contributed by atoms with van der Waals surface area (Å²) in [5.74, 6) is -1.02. The van der Waals surface area contributed by atoms with Gasteiger partial charge in [0.1, 0.15) is 6.04 Å². The normalized spacial score (nSPS) is 30.9. The average molecular weight is 221 g/mol. The van der Waals surface area contributed by atoms with Gasteiger partial charge in [-0.2, -0.15) is 0 Å². The van der Waals surface area contributed by atoms with E-state index in [4.69, 9.17) is 5.11 Å². The van der Waals surface area contributed by atoms with Crippen molar-refractivity contribution >= 4 is 17.0 Å². The highest BCUT2D eigenvalue weighted by molar-refractivity contribution is 7.83. The highest BCUT2D eigenvalue weighted by Crippen LogP contribution is 2.21. The van der Waals surface area contributed by atoms with Crippen molar-refractivity contribution in [1.29, 1.82) is 0 Å². The Bertz CT molecular complexity index is 256. The summed E-state index contributed by atoms with van der Waals surface area (Å²) in [4.78, 5) is 10.8. The van der Waals surface area contributed by atoms with Gasteiger partial charge in [-0.05, 0) is 13.8 Å². The van der Waals surface area contributed by atoms with Crippen molar-refractivity contribution in [3.8, 4) is 0 Å². The molecule has 1 fully saturated rings. The molecule has 1 aliphatic heterocycles. The fraction of sp³-hybridized carbons (Fsp3) is 0.875. The Hall–Kier alpha value is -0.460. The number of aliphatic hydroxyl groups is 1. The molecule has 1 heterocycles. The van der Waals surface area contributed by atoms with Crippen molar-refractivity contribution in [3.63, 3.8) is 0 Å². The Labute approximate surface area is 85.3 Å². The van der Waals surface area contributed by atoms with Crippen LogP contribution in [0.1, 0.15) is 20.3 Å². The molecule has 5 nitrogen and oxygen atoms in total. The first-order chi connectivity index (χ1) is 6.43. The van der Waals surface area contributed by atoms with E-state index in [-0.39, 0.29) is 18.2 Å². The Morgan fingerprint density at radius 3 is 2.57 bits per heavy atom. The highest BCUT2D eigenvalue weighted by atomic mass is 32.2. The van der Waals surface area contributed by atoms with Gasteiger partial charge >= 0.3 is 5.97 Å². The van der Waals surface area contributed by atoms with Crippen LogP contribution >= 0.6 is 0 Å². The first-order valence-corrected chi connectivity index (χ1v) is 5.68. The van der Waals surface area contributed by atoms with Gasteiger partial charge in [-0.25, -0.2) is 8.51 Å². The summed E-state index contributed by atoms with van der Waals surface area (Å²) in [7, 11) is -1.33. The van der Waals surface area contributed by atoms with Crippen LogP contribution in [-0.2, 0) is 15.8 Å². The van der Waals surface area contributed by atoms with Crippen LogP contribution < -0.4 is 0 Å². The van der Waals surface area contributed by atoms with Gasteiger partial charge < -0.3 is 10.2 Å². The summed E-state index contributed by atoms with van der Waals surface area (Å²) in [6.07, 6.45) is -0.521. The topological polar surface area (TPSA) is 77.8 Å². The molecule has 6 heteroatoms. The minimum absolute atomic E-state index is 0.123. The van der Waals surface area contributed by atoms with E-state index >= 15 is 0 Å². The van der Waals surface area contributed by atoms with E-state index in [2.05, 4.69) is 0 Å². The van der Waals surface area contributed by atoms with Crippen molar-refractivity contribution < 1.29 is 19.2 Å². The number of aliphatic hydroxyl groups excluding tert-OH is 1. The van der Waals surface area contributed by atoms with Crippen molar-refractivity contribution in [2.75, 3.05) is 6.54 Å². The standard InChI is InChI=1S/C8H15NO4S/c1-5(2)14(13)9-4-6(10)3-7(9)8(11)12/h5-7,10H,3-4H2,1-2H3,(H,11,12)/t6-,7-,14?/m0/s1. The van der Waals surface area contributed by atoms with Crippen molar-refractivity contribution in [1.82, 2.24) is 4.31 Å². The van der Waals surface area contributed by atoms with Gasteiger partial charge in [-0.1, -0.05) is 0 Å². The molecule has 0 aliphatic carbocycles. The van der Waals surface area contributed by atoms with Gasteiger partial charge in [-0.3, -0.25) is 4.79 Å². The van der Waals surface area contributed by atoms with E-state index < -0.39 is 29.1 Å². The van der Waals surface area contributed by atoms with Gasteiger partial charge in [0.25, 0.3) is 0 Å². The van der Waals surface area contributed by atoms with E-state index in [1.807, 2.05) is 0 Å². The van der Waals surface area contributed by atoms with Crippen molar-refractivity contribution in [2.24, 2.45) is 0 Å². The van der Waals surface area contributed by atoms with Crippen LogP contribution in [0.2, 0.25) is 0 Å². The molecule has 0 aromatic carbocycles. The molecule has 0 spiro atoms. The number of rotatable bonds is 3. The van der Waals surface area contributed by atoms with Gasteiger partial charge in [0.2, 0.25) is 0 Å². The summed E-state index contributed by atoms with van der Waals surface area (Å²) < 4.78 is 13.0. The molecule has 2 N–H and O–H groups in total. The quantitative estimate of drug-likeness (QED) is 0.678. The molecule has 0 bridgehead atoms. The van der Waals surface area contributed by atoms with Gasteiger partial charge in [0.05, 0.1) is 17.1 Å².